The van der Waals surface area contributed by atoms with E-state index in [9.17, 15) is 4.79 Å². The Labute approximate surface area is 180 Å². The molecule has 1 atom stereocenters. The van der Waals surface area contributed by atoms with Gasteiger partial charge >= 0.3 is 0 Å². The molecule has 1 saturated carbocycles. The molecular formula is C20H22N4O2S3. The molecule has 4 heterocycles. The number of aryl methyl sites for hydroxylation is 2. The van der Waals surface area contributed by atoms with Crippen LogP contribution in [0.2, 0.25) is 0 Å². The number of thiophene rings is 1. The monoisotopic (exact) mass is 446 g/mol. The molecule has 3 aromatic heterocycles. The quantitative estimate of drug-likeness (QED) is 0.541. The fourth-order valence-electron chi connectivity index (χ4n) is 4.30. The molecule has 152 valence electrons. The highest BCUT2D eigenvalue weighted by atomic mass is 32.2. The topological polar surface area (TPSA) is 69.9 Å². The van der Waals surface area contributed by atoms with Crippen LogP contribution in [-0.2, 0) is 24.1 Å². The largest absolute Gasteiger partial charge is 0.376 e. The summed E-state index contributed by atoms with van der Waals surface area (Å²) in [4.78, 5) is 25.5. The van der Waals surface area contributed by atoms with Gasteiger partial charge in [-0.15, -0.1) is 11.3 Å². The van der Waals surface area contributed by atoms with Crippen LogP contribution < -0.4 is 5.56 Å². The minimum Gasteiger partial charge on any atom is -0.376 e. The summed E-state index contributed by atoms with van der Waals surface area (Å²) in [7, 11) is 0. The van der Waals surface area contributed by atoms with Gasteiger partial charge in [0.05, 0.1) is 18.0 Å². The molecule has 3 aliphatic rings. The molecule has 1 aliphatic heterocycles. The van der Waals surface area contributed by atoms with Crippen LogP contribution in [0.15, 0.2) is 14.3 Å². The molecule has 1 unspecified atom stereocenters. The number of fused-ring (bicyclic) bond motifs is 3. The molecule has 9 heteroatoms. The van der Waals surface area contributed by atoms with Crippen molar-refractivity contribution in [3.05, 3.63) is 26.6 Å². The van der Waals surface area contributed by atoms with Crippen molar-refractivity contribution < 1.29 is 4.74 Å². The lowest BCUT2D eigenvalue weighted by Crippen LogP contribution is -2.29. The average Bonchev–Trinajstić information content (AvgIpc) is 3.13. The Morgan fingerprint density at radius 1 is 1.14 bits per heavy atom. The van der Waals surface area contributed by atoms with Gasteiger partial charge in [0.25, 0.3) is 5.56 Å². The second kappa shape index (κ2) is 7.44. The Kier molecular flexibility index (Phi) is 4.74. The van der Waals surface area contributed by atoms with Crippen LogP contribution in [0, 0.1) is 0 Å². The third-order valence-corrected chi connectivity index (χ3v) is 8.94. The summed E-state index contributed by atoms with van der Waals surface area (Å²) in [6.07, 6.45) is 8.98. The molecule has 0 spiro atoms. The van der Waals surface area contributed by atoms with Crippen LogP contribution in [-0.4, -0.2) is 31.6 Å². The molecule has 3 aromatic rings. The summed E-state index contributed by atoms with van der Waals surface area (Å²) < 4.78 is 13.1. The minimum atomic E-state index is 0.0946. The summed E-state index contributed by atoms with van der Waals surface area (Å²) in [5.74, 6) is 1.49. The third kappa shape index (κ3) is 3.45. The van der Waals surface area contributed by atoms with Crippen molar-refractivity contribution in [2.45, 2.75) is 79.4 Å². The van der Waals surface area contributed by atoms with E-state index in [1.165, 1.54) is 53.0 Å². The van der Waals surface area contributed by atoms with E-state index in [2.05, 4.69) is 4.37 Å². The third-order valence-electron chi connectivity index (χ3n) is 5.99. The maximum absolute atomic E-state index is 13.6. The molecule has 29 heavy (non-hydrogen) atoms. The van der Waals surface area contributed by atoms with Crippen molar-refractivity contribution in [1.82, 2.24) is 18.9 Å². The van der Waals surface area contributed by atoms with E-state index in [1.54, 1.807) is 11.3 Å². The Balaban J connectivity index is 1.44. The number of hydrogen-bond donors (Lipinski definition) is 0. The predicted octanol–water partition coefficient (Wildman–Crippen LogP) is 4.40. The van der Waals surface area contributed by atoms with E-state index in [4.69, 9.17) is 14.7 Å². The van der Waals surface area contributed by atoms with Crippen molar-refractivity contribution >= 4 is 44.8 Å². The van der Waals surface area contributed by atoms with Crippen LogP contribution in [0.4, 0.5) is 0 Å². The van der Waals surface area contributed by atoms with Crippen LogP contribution in [0.5, 0.6) is 0 Å². The van der Waals surface area contributed by atoms with E-state index >= 15 is 0 Å². The Bertz CT molecular complexity index is 1120. The minimum absolute atomic E-state index is 0.0946. The van der Waals surface area contributed by atoms with E-state index in [0.29, 0.717) is 12.5 Å². The van der Waals surface area contributed by atoms with E-state index < -0.39 is 0 Å². The van der Waals surface area contributed by atoms with Crippen molar-refractivity contribution in [3.8, 4) is 0 Å². The molecular weight excluding hydrogens is 424 g/mol. The first-order valence-electron chi connectivity index (χ1n) is 10.4. The van der Waals surface area contributed by atoms with Crippen LogP contribution >= 0.6 is 34.6 Å². The number of ether oxygens (including phenoxy) is 1. The highest BCUT2D eigenvalue weighted by molar-refractivity contribution is 8.00. The van der Waals surface area contributed by atoms with Crippen molar-refractivity contribution in [3.63, 3.8) is 0 Å². The zero-order chi connectivity index (χ0) is 19.4. The van der Waals surface area contributed by atoms with Gasteiger partial charge in [0.1, 0.15) is 10.7 Å². The standard InChI is InChI=1S/C20H22N4O2S3/c25-18-15-13-5-1-2-6-14(13)27-17(15)22-19(24(18)10-12-4-3-9-26-12)28-20-21-16(23-29-20)11-7-8-11/h11-12H,1-10H2. The average molecular weight is 447 g/mol. The maximum atomic E-state index is 13.6. The molecule has 2 fully saturated rings. The van der Waals surface area contributed by atoms with Gasteiger partial charge in [-0.2, -0.15) is 4.37 Å². The smallest absolute Gasteiger partial charge is 0.263 e. The Hall–Kier alpha value is -1.29. The molecule has 0 N–H and O–H groups in total. The second-order valence-electron chi connectivity index (χ2n) is 8.13. The number of rotatable bonds is 5. The van der Waals surface area contributed by atoms with Crippen molar-refractivity contribution in [2.24, 2.45) is 0 Å². The highest BCUT2D eigenvalue weighted by Gasteiger charge is 2.29. The van der Waals surface area contributed by atoms with Gasteiger partial charge in [-0.3, -0.25) is 9.36 Å². The van der Waals surface area contributed by atoms with Crippen molar-refractivity contribution in [1.29, 1.82) is 0 Å². The van der Waals surface area contributed by atoms with E-state index in [0.717, 1.165) is 64.2 Å². The van der Waals surface area contributed by atoms with E-state index in [-0.39, 0.29) is 11.7 Å². The first-order valence-corrected chi connectivity index (χ1v) is 12.8. The number of hydrogen-bond acceptors (Lipinski definition) is 8. The van der Waals surface area contributed by atoms with Gasteiger partial charge in [0.15, 0.2) is 9.50 Å². The fraction of sp³-hybridized carbons (Fsp3) is 0.600. The molecule has 2 aliphatic carbocycles. The SMILES string of the molecule is O=c1c2c3c(sc2nc(Sc2nc(C4CC4)ns2)n1CC1CCCO1)CCCC3. The van der Waals surface area contributed by atoms with Gasteiger partial charge < -0.3 is 4.74 Å². The summed E-state index contributed by atoms with van der Waals surface area (Å²) in [6, 6.07) is 0. The first kappa shape index (κ1) is 18.5. The van der Waals surface area contributed by atoms with Crippen molar-refractivity contribution in [2.75, 3.05) is 6.61 Å². The van der Waals surface area contributed by atoms with E-state index in [1.807, 2.05) is 4.57 Å². The lowest BCUT2D eigenvalue weighted by atomic mass is 9.97. The van der Waals surface area contributed by atoms with Crippen LogP contribution in [0.1, 0.15) is 60.7 Å². The zero-order valence-electron chi connectivity index (χ0n) is 16.1. The molecule has 0 amide bonds. The second-order valence-corrected chi connectivity index (χ2v) is 11.2. The molecule has 0 radical (unpaired) electrons. The number of aromatic nitrogens is 4. The lowest BCUT2D eigenvalue weighted by Gasteiger charge is -2.15. The van der Waals surface area contributed by atoms with Crippen LogP contribution in [0.3, 0.4) is 0 Å². The summed E-state index contributed by atoms with van der Waals surface area (Å²) in [5.41, 5.74) is 1.35. The summed E-state index contributed by atoms with van der Waals surface area (Å²) >= 11 is 4.62. The lowest BCUT2D eigenvalue weighted by molar-refractivity contribution is 0.0937. The number of nitrogens with zero attached hydrogens (tertiary/aromatic N) is 4. The Morgan fingerprint density at radius 3 is 2.86 bits per heavy atom. The molecule has 6 nitrogen and oxygen atoms in total. The van der Waals surface area contributed by atoms with Crippen LogP contribution in [0.25, 0.3) is 10.2 Å². The maximum Gasteiger partial charge on any atom is 0.263 e. The summed E-state index contributed by atoms with van der Waals surface area (Å²) in [6.45, 7) is 1.36. The van der Waals surface area contributed by atoms with Gasteiger partial charge in [-0.05, 0) is 80.2 Å². The normalized spacial score (nSPS) is 21.7. The predicted molar refractivity (Wildman–Crippen MR) is 116 cm³/mol. The summed E-state index contributed by atoms with van der Waals surface area (Å²) in [5, 5.41) is 1.58. The zero-order valence-corrected chi connectivity index (χ0v) is 18.5. The molecule has 1 saturated heterocycles. The van der Waals surface area contributed by atoms with Gasteiger partial charge in [0.2, 0.25) is 0 Å². The molecule has 0 bridgehead atoms. The fourth-order valence-corrected chi connectivity index (χ4v) is 7.29. The highest BCUT2D eigenvalue weighted by Crippen LogP contribution is 2.41. The molecule has 6 rings (SSSR count). The molecule has 0 aromatic carbocycles. The Morgan fingerprint density at radius 2 is 2.03 bits per heavy atom. The van der Waals surface area contributed by atoms with Gasteiger partial charge in [0, 0.05) is 17.4 Å². The first-order chi connectivity index (χ1) is 14.3. The van der Waals surface area contributed by atoms with Gasteiger partial charge in [-0.1, -0.05) is 0 Å². The van der Waals surface area contributed by atoms with Gasteiger partial charge in [-0.25, -0.2) is 9.97 Å².